The lowest BCUT2D eigenvalue weighted by atomic mass is 9.89. The summed E-state index contributed by atoms with van der Waals surface area (Å²) < 4.78 is 5.64. The van der Waals surface area contributed by atoms with Gasteiger partial charge in [-0.15, -0.1) is 0 Å². The zero-order valence-corrected chi connectivity index (χ0v) is 10.7. The van der Waals surface area contributed by atoms with Crippen LogP contribution in [0.1, 0.15) is 30.9 Å². The van der Waals surface area contributed by atoms with Gasteiger partial charge in [-0.05, 0) is 31.7 Å². The summed E-state index contributed by atoms with van der Waals surface area (Å²) in [4.78, 5) is 0. The number of aryl methyl sites for hydroxylation is 1. The van der Waals surface area contributed by atoms with Crippen molar-refractivity contribution in [1.29, 1.82) is 0 Å². The van der Waals surface area contributed by atoms with Crippen LogP contribution >= 0.6 is 0 Å². The maximum atomic E-state index is 10.3. The van der Waals surface area contributed by atoms with Gasteiger partial charge in [0.25, 0.3) is 0 Å². The van der Waals surface area contributed by atoms with E-state index in [2.05, 4.69) is 38.1 Å². The van der Waals surface area contributed by atoms with Gasteiger partial charge in [0.1, 0.15) is 0 Å². The number of ether oxygens (including phenoxy) is 1. The molecule has 0 aromatic heterocycles. The van der Waals surface area contributed by atoms with Crippen LogP contribution in [0.3, 0.4) is 0 Å². The lowest BCUT2D eigenvalue weighted by Gasteiger charge is -2.22. The minimum Gasteiger partial charge on any atom is -0.392 e. The number of rotatable bonds is 4. The van der Waals surface area contributed by atoms with E-state index in [1.54, 1.807) is 0 Å². The van der Waals surface area contributed by atoms with E-state index in [1.165, 1.54) is 11.1 Å². The number of aliphatic hydroxyl groups excluding tert-OH is 1. The minimum atomic E-state index is -0.274. The second-order valence-electron chi connectivity index (χ2n) is 5.03. The van der Waals surface area contributed by atoms with Crippen molar-refractivity contribution in [3.05, 3.63) is 35.4 Å². The molecule has 0 saturated carbocycles. The molecule has 0 radical (unpaired) electrons. The summed E-state index contributed by atoms with van der Waals surface area (Å²) in [5, 5.41) is 10.3. The molecule has 0 bridgehead atoms. The topological polar surface area (TPSA) is 29.5 Å². The molecule has 0 spiro atoms. The summed E-state index contributed by atoms with van der Waals surface area (Å²) in [6.07, 6.45) is 2.70. The van der Waals surface area contributed by atoms with Gasteiger partial charge >= 0.3 is 0 Å². The van der Waals surface area contributed by atoms with Gasteiger partial charge < -0.3 is 9.84 Å². The molecule has 1 saturated heterocycles. The van der Waals surface area contributed by atoms with Gasteiger partial charge in [-0.3, -0.25) is 0 Å². The first kappa shape index (κ1) is 12.6. The standard InChI is InChI=1S/C15H22O2/c1-3-15-13(7-8-17-15)14(16)10-12-6-4-5-11(2)9-12/h4-6,9,13-16H,3,7-8,10H2,1-2H3. The van der Waals surface area contributed by atoms with Crippen LogP contribution in [0.5, 0.6) is 0 Å². The monoisotopic (exact) mass is 234 g/mol. The van der Waals surface area contributed by atoms with E-state index >= 15 is 0 Å². The molecule has 3 atom stereocenters. The molecule has 2 heteroatoms. The fourth-order valence-electron chi connectivity index (χ4n) is 2.76. The number of hydrogen-bond donors (Lipinski definition) is 1. The Labute approximate surface area is 104 Å². The molecule has 17 heavy (non-hydrogen) atoms. The minimum absolute atomic E-state index is 0.245. The second kappa shape index (κ2) is 5.65. The van der Waals surface area contributed by atoms with Gasteiger partial charge in [-0.25, -0.2) is 0 Å². The van der Waals surface area contributed by atoms with Crippen LogP contribution in [0.2, 0.25) is 0 Å². The maximum absolute atomic E-state index is 10.3. The molecule has 1 N–H and O–H groups in total. The SMILES string of the molecule is CCC1OCCC1C(O)Cc1cccc(C)c1. The van der Waals surface area contributed by atoms with Gasteiger partial charge in [0.2, 0.25) is 0 Å². The molecule has 1 heterocycles. The first-order valence-electron chi connectivity index (χ1n) is 6.56. The third kappa shape index (κ3) is 3.08. The van der Waals surface area contributed by atoms with Crippen LogP contribution in [0.25, 0.3) is 0 Å². The summed E-state index contributed by atoms with van der Waals surface area (Å²) in [5.41, 5.74) is 2.48. The number of hydrogen-bond acceptors (Lipinski definition) is 2. The molecular formula is C15H22O2. The highest BCUT2D eigenvalue weighted by atomic mass is 16.5. The zero-order valence-electron chi connectivity index (χ0n) is 10.7. The van der Waals surface area contributed by atoms with Crippen LogP contribution in [-0.4, -0.2) is 23.9 Å². The predicted octanol–water partition coefficient (Wildman–Crippen LogP) is 2.71. The summed E-state index contributed by atoms with van der Waals surface area (Å²) in [6.45, 7) is 5.01. The largest absolute Gasteiger partial charge is 0.392 e. The van der Waals surface area contributed by atoms with Gasteiger partial charge in [-0.1, -0.05) is 36.8 Å². The third-order valence-electron chi connectivity index (χ3n) is 3.68. The molecule has 1 aromatic rings. The molecule has 3 unspecified atom stereocenters. The Morgan fingerprint density at radius 2 is 2.29 bits per heavy atom. The number of aliphatic hydroxyl groups is 1. The summed E-state index contributed by atoms with van der Waals surface area (Å²) >= 11 is 0. The molecule has 1 aromatic carbocycles. The van der Waals surface area contributed by atoms with Gasteiger partial charge in [0.05, 0.1) is 12.2 Å². The molecule has 2 nitrogen and oxygen atoms in total. The van der Waals surface area contributed by atoms with Gasteiger partial charge in [0, 0.05) is 12.5 Å². The Kier molecular flexibility index (Phi) is 4.19. The molecule has 2 rings (SSSR count). The van der Waals surface area contributed by atoms with E-state index in [0.29, 0.717) is 5.92 Å². The predicted molar refractivity (Wildman–Crippen MR) is 69.0 cm³/mol. The highest BCUT2D eigenvalue weighted by Crippen LogP contribution is 2.28. The Balaban J connectivity index is 1.99. The van der Waals surface area contributed by atoms with Crippen LogP contribution < -0.4 is 0 Å². The van der Waals surface area contributed by atoms with E-state index in [-0.39, 0.29) is 12.2 Å². The molecule has 1 aliphatic heterocycles. The lowest BCUT2D eigenvalue weighted by Crippen LogP contribution is -2.29. The average Bonchev–Trinajstić information content (AvgIpc) is 2.77. The fourth-order valence-corrected chi connectivity index (χ4v) is 2.76. The van der Waals surface area contributed by atoms with Crippen LogP contribution in [0.4, 0.5) is 0 Å². The van der Waals surface area contributed by atoms with E-state index < -0.39 is 0 Å². The van der Waals surface area contributed by atoms with Crippen molar-refractivity contribution in [2.24, 2.45) is 5.92 Å². The van der Waals surface area contributed by atoms with Crippen molar-refractivity contribution in [2.75, 3.05) is 6.61 Å². The summed E-state index contributed by atoms with van der Waals surface area (Å²) in [6, 6.07) is 8.39. The zero-order chi connectivity index (χ0) is 12.3. The number of benzene rings is 1. The van der Waals surface area contributed by atoms with E-state index in [9.17, 15) is 5.11 Å². The maximum Gasteiger partial charge on any atom is 0.0634 e. The first-order chi connectivity index (χ1) is 8.20. The average molecular weight is 234 g/mol. The Bertz CT molecular complexity index is 362. The smallest absolute Gasteiger partial charge is 0.0634 e. The van der Waals surface area contributed by atoms with Crippen molar-refractivity contribution in [1.82, 2.24) is 0 Å². The molecule has 0 aliphatic carbocycles. The summed E-state index contributed by atoms with van der Waals surface area (Å²) in [7, 11) is 0. The van der Waals surface area contributed by atoms with Crippen LogP contribution in [0.15, 0.2) is 24.3 Å². The quantitative estimate of drug-likeness (QED) is 0.868. The molecule has 0 amide bonds. The van der Waals surface area contributed by atoms with Crippen LogP contribution in [-0.2, 0) is 11.2 Å². The van der Waals surface area contributed by atoms with E-state index in [1.807, 2.05) is 0 Å². The lowest BCUT2D eigenvalue weighted by molar-refractivity contribution is 0.0318. The van der Waals surface area contributed by atoms with E-state index in [0.717, 1.165) is 25.9 Å². The van der Waals surface area contributed by atoms with Crippen molar-refractivity contribution in [2.45, 2.75) is 45.3 Å². The molecular weight excluding hydrogens is 212 g/mol. The molecule has 94 valence electrons. The van der Waals surface area contributed by atoms with Gasteiger partial charge in [0.15, 0.2) is 0 Å². The Morgan fingerprint density at radius 3 is 3.00 bits per heavy atom. The Hall–Kier alpha value is -0.860. The van der Waals surface area contributed by atoms with Crippen molar-refractivity contribution in [3.8, 4) is 0 Å². The molecule has 1 aliphatic rings. The van der Waals surface area contributed by atoms with Crippen LogP contribution in [0, 0.1) is 12.8 Å². The highest BCUT2D eigenvalue weighted by Gasteiger charge is 2.32. The van der Waals surface area contributed by atoms with Gasteiger partial charge in [-0.2, -0.15) is 0 Å². The van der Waals surface area contributed by atoms with Crippen molar-refractivity contribution in [3.63, 3.8) is 0 Å². The Morgan fingerprint density at radius 1 is 1.47 bits per heavy atom. The van der Waals surface area contributed by atoms with Crippen molar-refractivity contribution >= 4 is 0 Å². The molecule has 1 fully saturated rings. The third-order valence-corrected chi connectivity index (χ3v) is 3.68. The first-order valence-corrected chi connectivity index (χ1v) is 6.56. The second-order valence-corrected chi connectivity index (χ2v) is 5.03. The van der Waals surface area contributed by atoms with E-state index in [4.69, 9.17) is 4.74 Å². The summed E-state index contributed by atoms with van der Waals surface area (Å²) in [5.74, 6) is 0.306. The fraction of sp³-hybridized carbons (Fsp3) is 0.600. The normalized spacial score (nSPS) is 26.1. The highest BCUT2D eigenvalue weighted by molar-refractivity contribution is 5.22. The van der Waals surface area contributed by atoms with Crippen molar-refractivity contribution < 1.29 is 9.84 Å².